The van der Waals surface area contributed by atoms with Crippen LogP contribution in [-0.4, -0.2) is 35.5 Å². The van der Waals surface area contributed by atoms with E-state index in [0.717, 1.165) is 21.5 Å². The highest BCUT2D eigenvalue weighted by Crippen LogP contribution is 2.28. The lowest BCUT2D eigenvalue weighted by molar-refractivity contribution is 0.103. The van der Waals surface area contributed by atoms with Gasteiger partial charge in [-0.05, 0) is 42.8 Å². The molecule has 9 heteroatoms. The normalized spacial score (nSPS) is 11.9. The lowest BCUT2D eigenvalue weighted by Gasteiger charge is -2.17. The highest BCUT2D eigenvalue weighted by atomic mass is 32.2. The number of aromatic nitrogens is 2. The zero-order valence-corrected chi connectivity index (χ0v) is 19.0. The number of fused-ring (bicyclic) bond motifs is 1. The van der Waals surface area contributed by atoms with Gasteiger partial charge in [-0.15, -0.1) is 11.3 Å². The number of anilines is 1. The first-order valence-corrected chi connectivity index (χ1v) is 11.9. The summed E-state index contributed by atoms with van der Waals surface area (Å²) in [6.07, 6.45) is 0. The monoisotopic (exact) mass is 454 g/mol. The average Bonchev–Trinajstić information content (AvgIpc) is 3.30. The summed E-state index contributed by atoms with van der Waals surface area (Å²) >= 11 is 1.37. The molecule has 0 aliphatic carbocycles. The van der Waals surface area contributed by atoms with Gasteiger partial charge in [0.25, 0.3) is 5.91 Å². The summed E-state index contributed by atoms with van der Waals surface area (Å²) in [5.74, 6) is -0.239. The van der Waals surface area contributed by atoms with Crippen LogP contribution < -0.4 is 5.32 Å². The maximum absolute atomic E-state index is 12.9. The molecular formula is C22H22N4O3S2. The zero-order valence-electron chi connectivity index (χ0n) is 17.4. The third kappa shape index (κ3) is 4.25. The second-order valence-electron chi connectivity index (χ2n) is 7.26. The van der Waals surface area contributed by atoms with E-state index < -0.39 is 10.0 Å². The lowest BCUT2D eigenvalue weighted by Crippen LogP contribution is -2.26. The molecule has 0 radical (unpaired) electrons. The van der Waals surface area contributed by atoms with Crippen molar-refractivity contribution < 1.29 is 13.2 Å². The van der Waals surface area contributed by atoms with Crippen LogP contribution in [-0.2, 0) is 23.6 Å². The molecule has 7 nitrogen and oxygen atoms in total. The second-order valence-corrected chi connectivity index (χ2v) is 10.3. The van der Waals surface area contributed by atoms with Gasteiger partial charge >= 0.3 is 0 Å². The number of amides is 1. The molecule has 4 rings (SSSR count). The van der Waals surface area contributed by atoms with Crippen molar-refractivity contribution in [1.29, 1.82) is 0 Å². The predicted molar refractivity (Wildman–Crippen MR) is 123 cm³/mol. The molecule has 2 heterocycles. The Labute approximate surface area is 185 Å². The Morgan fingerprint density at radius 2 is 1.81 bits per heavy atom. The smallest absolute Gasteiger partial charge is 0.265 e. The van der Waals surface area contributed by atoms with Gasteiger partial charge in [0.2, 0.25) is 10.0 Å². The molecule has 1 amide bonds. The number of sulfonamides is 1. The summed E-state index contributed by atoms with van der Waals surface area (Å²) in [7, 11) is -0.240. The minimum atomic E-state index is -3.64. The van der Waals surface area contributed by atoms with E-state index in [1.54, 1.807) is 23.9 Å². The van der Waals surface area contributed by atoms with Gasteiger partial charge in [-0.2, -0.15) is 9.40 Å². The minimum absolute atomic E-state index is 0.174. The van der Waals surface area contributed by atoms with Crippen LogP contribution in [0, 0.1) is 6.92 Å². The highest BCUT2D eigenvalue weighted by molar-refractivity contribution is 7.89. The molecule has 0 saturated carbocycles. The van der Waals surface area contributed by atoms with E-state index in [0.29, 0.717) is 10.6 Å². The zero-order chi connectivity index (χ0) is 22.2. The standard InChI is InChI=1S/C22H22N4O3S2/c1-15-19-13-20(30-22(19)26(3)24-15)21(27)23-17-9-11-18(12-10-17)31(28,29)25(2)14-16-7-5-4-6-8-16/h4-13H,14H2,1-3H3,(H,23,27). The van der Waals surface area contributed by atoms with Crippen LogP contribution in [0.3, 0.4) is 0 Å². The van der Waals surface area contributed by atoms with Gasteiger partial charge in [0.1, 0.15) is 4.83 Å². The number of benzene rings is 2. The number of hydrogen-bond acceptors (Lipinski definition) is 5. The summed E-state index contributed by atoms with van der Waals surface area (Å²) in [6, 6.07) is 17.5. The molecule has 0 aliphatic rings. The molecule has 1 N–H and O–H groups in total. The van der Waals surface area contributed by atoms with Crippen molar-refractivity contribution in [2.75, 3.05) is 12.4 Å². The van der Waals surface area contributed by atoms with E-state index >= 15 is 0 Å². The van der Waals surface area contributed by atoms with Crippen molar-refractivity contribution in [3.8, 4) is 0 Å². The molecule has 2 aromatic heterocycles. The minimum Gasteiger partial charge on any atom is -0.321 e. The summed E-state index contributed by atoms with van der Waals surface area (Å²) in [4.78, 5) is 14.3. The van der Waals surface area contributed by atoms with E-state index in [2.05, 4.69) is 10.4 Å². The number of carbonyl (C=O) groups is 1. The summed E-state index contributed by atoms with van der Waals surface area (Å²) < 4.78 is 28.8. The number of carbonyl (C=O) groups excluding carboxylic acids is 1. The van der Waals surface area contributed by atoms with Crippen molar-refractivity contribution in [2.45, 2.75) is 18.4 Å². The van der Waals surface area contributed by atoms with Crippen molar-refractivity contribution in [3.05, 3.63) is 76.8 Å². The van der Waals surface area contributed by atoms with E-state index in [4.69, 9.17) is 0 Å². The summed E-state index contributed by atoms with van der Waals surface area (Å²) in [5.41, 5.74) is 2.31. The first-order valence-electron chi connectivity index (χ1n) is 9.60. The Morgan fingerprint density at radius 3 is 2.45 bits per heavy atom. The number of thiophene rings is 1. The van der Waals surface area contributed by atoms with Crippen LogP contribution in [0.1, 0.15) is 20.9 Å². The molecule has 31 heavy (non-hydrogen) atoms. The number of hydrogen-bond donors (Lipinski definition) is 1. The van der Waals surface area contributed by atoms with Crippen molar-refractivity contribution >= 4 is 43.2 Å². The largest absolute Gasteiger partial charge is 0.321 e. The van der Waals surface area contributed by atoms with Crippen LogP contribution in [0.4, 0.5) is 5.69 Å². The molecule has 4 aromatic rings. The quantitative estimate of drug-likeness (QED) is 0.477. The third-order valence-corrected chi connectivity index (χ3v) is 8.01. The SMILES string of the molecule is Cc1nn(C)c2sc(C(=O)Nc3ccc(S(=O)(=O)N(C)Cc4ccccc4)cc3)cc12. The van der Waals surface area contributed by atoms with Gasteiger partial charge in [-0.1, -0.05) is 30.3 Å². The number of nitrogens with one attached hydrogen (secondary N) is 1. The van der Waals surface area contributed by atoms with Gasteiger partial charge in [0, 0.05) is 31.7 Å². The topological polar surface area (TPSA) is 84.3 Å². The molecular weight excluding hydrogens is 432 g/mol. The third-order valence-electron chi connectivity index (χ3n) is 4.99. The van der Waals surface area contributed by atoms with Gasteiger partial charge < -0.3 is 5.32 Å². The maximum Gasteiger partial charge on any atom is 0.265 e. The van der Waals surface area contributed by atoms with Crippen LogP contribution in [0.25, 0.3) is 10.2 Å². The van der Waals surface area contributed by atoms with E-state index in [1.807, 2.05) is 50.4 Å². The van der Waals surface area contributed by atoms with Gasteiger partial charge in [0.15, 0.2) is 0 Å². The first kappa shape index (κ1) is 21.2. The molecule has 0 unspecified atom stereocenters. The molecule has 0 atom stereocenters. The lowest BCUT2D eigenvalue weighted by atomic mass is 10.2. The van der Waals surface area contributed by atoms with E-state index in [1.165, 1.54) is 27.8 Å². The molecule has 0 spiro atoms. The van der Waals surface area contributed by atoms with Crippen LogP contribution in [0.2, 0.25) is 0 Å². The Hall–Kier alpha value is -3.01. The predicted octanol–water partition coefficient (Wildman–Crippen LogP) is 4.02. The van der Waals surface area contributed by atoms with Gasteiger partial charge in [0.05, 0.1) is 15.5 Å². The van der Waals surface area contributed by atoms with Crippen molar-refractivity contribution in [3.63, 3.8) is 0 Å². The number of rotatable bonds is 6. The fourth-order valence-corrected chi connectivity index (χ4v) is 5.50. The Balaban J connectivity index is 1.48. The van der Waals surface area contributed by atoms with E-state index in [-0.39, 0.29) is 17.3 Å². The second kappa shape index (κ2) is 8.26. The fourth-order valence-electron chi connectivity index (χ4n) is 3.33. The van der Waals surface area contributed by atoms with Crippen molar-refractivity contribution in [1.82, 2.24) is 14.1 Å². The highest BCUT2D eigenvalue weighted by Gasteiger charge is 2.21. The molecule has 0 saturated heterocycles. The van der Waals surface area contributed by atoms with E-state index in [9.17, 15) is 13.2 Å². The fraction of sp³-hybridized carbons (Fsp3) is 0.182. The Morgan fingerprint density at radius 1 is 1.13 bits per heavy atom. The summed E-state index contributed by atoms with van der Waals surface area (Å²) in [6.45, 7) is 2.19. The number of aryl methyl sites for hydroxylation is 2. The Bertz CT molecular complexity index is 1310. The average molecular weight is 455 g/mol. The maximum atomic E-state index is 12.9. The number of nitrogens with zero attached hydrogens (tertiary/aromatic N) is 3. The molecule has 0 fully saturated rings. The molecule has 0 aliphatic heterocycles. The van der Waals surface area contributed by atoms with Gasteiger partial charge in [-0.3, -0.25) is 9.48 Å². The molecule has 0 bridgehead atoms. The molecule has 160 valence electrons. The van der Waals surface area contributed by atoms with Crippen LogP contribution in [0.5, 0.6) is 0 Å². The van der Waals surface area contributed by atoms with Crippen molar-refractivity contribution in [2.24, 2.45) is 7.05 Å². The molecule has 2 aromatic carbocycles. The van der Waals surface area contributed by atoms with Gasteiger partial charge in [-0.25, -0.2) is 8.42 Å². The first-order chi connectivity index (χ1) is 14.8. The Kier molecular flexibility index (Phi) is 5.65. The van der Waals surface area contributed by atoms with Crippen LogP contribution >= 0.6 is 11.3 Å². The summed E-state index contributed by atoms with van der Waals surface area (Å²) in [5, 5.41) is 8.13. The van der Waals surface area contributed by atoms with Crippen LogP contribution in [0.15, 0.2) is 65.6 Å².